The molecule has 2 aromatic rings. The lowest BCUT2D eigenvalue weighted by molar-refractivity contribution is -0.117. The van der Waals surface area contributed by atoms with Crippen molar-refractivity contribution in [3.05, 3.63) is 60.2 Å². The minimum absolute atomic E-state index is 0.0714. The van der Waals surface area contributed by atoms with Crippen LogP contribution in [0.1, 0.15) is 24.8 Å². The Morgan fingerprint density at radius 2 is 1.86 bits per heavy atom. The number of carbonyl (C=O) groups excluding carboxylic acids is 1. The Morgan fingerprint density at radius 3 is 2.62 bits per heavy atom. The predicted molar refractivity (Wildman–Crippen MR) is 83.5 cm³/mol. The summed E-state index contributed by atoms with van der Waals surface area (Å²) in [5.41, 5.74) is 2.00. The van der Waals surface area contributed by atoms with Gasteiger partial charge in [0, 0.05) is 5.92 Å². The third-order valence-electron chi connectivity index (χ3n) is 3.80. The van der Waals surface area contributed by atoms with E-state index in [-0.39, 0.29) is 11.8 Å². The van der Waals surface area contributed by atoms with E-state index >= 15 is 0 Å². The summed E-state index contributed by atoms with van der Waals surface area (Å²) in [5, 5.41) is 2.99. The van der Waals surface area contributed by atoms with E-state index in [1.165, 1.54) is 5.56 Å². The number of ether oxygens (including phenoxy) is 1. The molecule has 21 heavy (non-hydrogen) atoms. The first-order valence-corrected chi connectivity index (χ1v) is 7.37. The number of hydrogen-bond donors (Lipinski definition) is 1. The molecule has 1 saturated carbocycles. The molecule has 0 heterocycles. The molecule has 0 bridgehead atoms. The number of rotatable bonds is 5. The van der Waals surface area contributed by atoms with Gasteiger partial charge in [-0.2, -0.15) is 0 Å². The van der Waals surface area contributed by atoms with Gasteiger partial charge >= 0.3 is 0 Å². The first-order valence-electron chi connectivity index (χ1n) is 7.37. The molecule has 1 amide bonds. The number of anilines is 1. The zero-order chi connectivity index (χ0) is 14.7. The molecule has 2 aromatic carbocycles. The molecule has 3 heteroatoms. The van der Waals surface area contributed by atoms with Gasteiger partial charge in [0.2, 0.25) is 5.91 Å². The number of amides is 1. The van der Waals surface area contributed by atoms with Crippen molar-refractivity contribution in [1.82, 2.24) is 0 Å². The van der Waals surface area contributed by atoms with Crippen molar-refractivity contribution in [3.8, 4) is 5.75 Å². The van der Waals surface area contributed by atoms with Crippen molar-refractivity contribution in [1.29, 1.82) is 0 Å². The van der Waals surface area contributed by atoms with E-state index in [0.717, 1.165) is 17.9 Å². The summed E-state index contributed by atoms with van der Waals surface area (Å²) in [6, 6.07) is 17.8. The van der Waals surface area contributed by atoms with Gasteiger partial charge in [-0.3, -0.25) is 4.79 Å². The quantitative estimate of drug-likeness (QED) is 0.904. The minimum Gasteiger partial charge on any atom is -0.492 e. The first kappa shape index (κ1) is 13.7. The monoisotopic (exact) mass is 281 g/mol. The molecule has 1 aliphatic rings. The second-order valence-corrected chi connectivity index (χ2v) is 5.28. The molecule has 2 atom stereocenters. The van der Waals surface area contributed by atoms with Crippen LogP contribution in [-0.2, 0) is 4.79 Å². The zero-order valence-electron chi connectivity index (χ0n) is 12.1. The first-order chi connectivity index (χ1) is 10.3. The molecule has 1 N–H and O–H groups in total. The number of hydrogen-bond acceptors (Lipinski definition) is 2. The van der Waals surface area contributed by atoms with Crippen LogP contribution in [0.4, 0.5) is 5.69 Å². The van der Waals surface area contributed by atoms with Gasteiger partial charge in [0.1, 0.15) is 5.75 Å². The molecule has 0 aliphatic heterocycles. The average molecular weight is 281 g/mol. The largest absolute Gasteiger partial charge is 0.492 e. The average Bonchev–Trinajstić information content (AvgIpc) is 3.31. The molecule has 108 valence electrons. The molecular weight excluding hydrogens is 262 g/mol. The highest BCUT2D eigenvalue weighted by atomic mass is 16.5. The van der Waals surface area contributed by atoms with Gasteiger partial charge in [-0.15, -0.1) is 0 Å². The Labute approximate surface area is 124 Å². The lowest BCUT2D eigenvalue weighted by atomic mass is 10.1. The van der Waals surface area contributed by atoms with Crippen LogP contribution in [0.15, 0.2) is 54.6 Å². The van der Waals surface area contributed by atoms with Gasteiger partial charge in [-0.25, -0.2) is 0 Å². The van der Waals surface area contributed by atoms with E-state index in [1.807, 2.05) is 49.4 Å². The van der Waals surface area contributed by atoms with Crippen molar-refractivity contribution < 1.29 is 9.53 Å². The van der Waals surface area contributed by atoms with E-state index in [4.69, 9.17) is 4.74 Å². The summed E-state index contributed by atoms with van der Waals surface area (Å²) in [7, 11) is 0. The van der Waals surface area contributed by atoms with Gasteiger partial charge < -0.3 is 10.1 Å². The highest BCUT2D eigenvalue weighted by molar-refractivity contribution is 5.96. The minimum atomic E-state index is 0.0714. The fourth-order valence-corrected chi connectivity index (χ4v) is 2.63. The second kappa shape index (κ2) is 6.00. The molecule has 0 unspecified atom stereocenters. The van der Waals surface area contributed by atoms with Gasteiger partial charge in [-0.1, -0.05) is 42.5 Å². The van der Waals surface area contributed by atoms with Crippen molar-refractivity contribution in [2.75, 3.05) is 11.9 Å². The number of nitrogens with one attached hydrogen (secondary N) is 1. The maximum Gasteiger partial charge on any atom is 0.228 e. The fraction of sp³-hybridized carbons (Fsp3) is 0.278. The van der Waals surface area contributed by atoms with E-state index in [9.17, 15) is 4.79 Å². The van der Waals surface area contributed by atoms with Crippen LogP contribution in [0.3, 0.4) is 0 Å². The molecular formula is C18H19NO2. The van der Waals surface area contributed by atoms with Gasteiger partial charge in [0.05, 0.1) is 12.3 Å². The molecule has 0 saturated heterocycles. The molecule has 0 radical (unpaired) electrons. The Morgan fingerprint density at radius 1 is 1.14 bits per heavy atom. The molecule has 0 aromatic heterocycles. The highest BCUT2D eigenvalue weighted by Crippen LogP contribution is 2.48. The summed E-state index contributed by atoms with van der Waals surface area (Å²) in [6.07, 6.45) is 0.923. The lowest BCUT2D eigenvalue weighted by Gasteiger charge is -2.11. The van der Waals surface area contributed by atoms with Crippen LogP contribution in [0, 0.1) is 5.92 Å². The maximum atomic E-state index is 12.3. The van der Waals surface area contributed by atoms with E-state index in [1.54, 1.807) is 0 Å². The zero-order valence-corrected chi connectivity index (χ0v) is 12.1. The van der Waals surface area contributed by atoms with Gasteiger partial charge in [-0.05, 0) is 37.0 Å². The summed E-state index contributed by atoms with van der Waals surface area (Å²) < 4.78 is 5.53. The summed E-state index contributed by atoms with van der Waals surface area (Å²) in [6.45, 7) is 2.52. The Kier molecular flexibility index (Phi) is 3.91. The van der Waals surface area contributed by atoms with Crippen LogP contribution in [-0.4, -0.2) is 12.5 Å². The maximum absolute atomic E-state index is 12.3. The second-order valence-electron chi connectivity index (χ2n) is 5.28. The lowest BCUT2D eigenvalue weighted by Crippen LogP contribution is -2.15. The SMILES string of the molecule is CCOc1ccccc1NC(=O)[C@@H]1C[C@H]1c1ccccc1. The van der Waals surface area contributed by atoms with Crippen molar-refractivity contribution in [3.63, 3.8) is 0 Å². The molecule has 1 aliphatic carbocycles. The molecule has 3 rings (SSSR count). The topological polar surface area (TPSA) is 38.3 Å². The van der Waals surface area contributed by atoms with E-state index < -0.39 is 0 Å². The summed E-state index contributed by atoms with van der Waals surface area (Å²) in [4.78, 5) is 12.3. The highest BCUT2D eigenvalue weighted by Gasteiger charge is 2.43. The summed E-state index contributed by atoms with van der Waals surface area (Å²) in [5.74, 6) is 1.23. The third-order valence-corrected chi connectivity index (χ3v) is 3.80. The summed E-state index contributed by atoms with van der Waals surface area (Å²) >= 11 is 0. The van der Waals surface area contributed by atoms with Crippen LogP contribution >= 0.6 is 0 Å². The number of para-hydroxylation sites is 2. The van der Waals surface area contributed by atoms with Crippen LogP contribution in [0.2, 0.25) is 0 Å². The Balaban J connectivity index is 1.66. The number of benzene rings is 2. The van der Waals surface area contributed by atoms with Crippen LogP contribution < -0.4 is 10.1 Å². The van der Waals surface area contributed by atoms with Gasteiger partial charge in [0.25, 0.3) is 0 Å². The van der Waals surface area contributed by atoms with Crippen LogP contribution in [0.25, 0.3) is 0 Å². The Bertz CT molecular complexity index is 624. The van der Waals surface area contributed by atoms with E-state index in [2.05, 4.69) is 17.4 Å². The van der Waals surface area contributed by atoms with E-state index in [0.29, 0.717) is 12.5 Å². The fourth-order valence-electron chi connectivity index (χ4n) is 2.63. The Hall–Kier alpha value is -2.29. The molecule has 3 nitrogen and oxygen atoms in total. The van der Waals surface area contributed by atoms with Gasteiger partial charge in [0.15, 0.2) is 0 Å². The predicted octanol–water partition coefficient (Wildman–Crippen LogP) is 3.83. The van der Waals surface area contributed by atoms with Crippen molar-refractivity contribution in [2.24, 2.45) is 5.92 Å². The standard InChI is InChI=1S/C18H19NO2/c1-2-21-17-11-7-6-10-16(17)19-18(20)15-12-14(15)13-8-4-3-5-9-13/h3-11,14-15H,2,12H2,1H3,(H,19,20)/t14-,15+/m0/s1. The molecule has 0 spiro atoms. The van der Waals surface area contributed by atoms with Crippen molar-refractivity contribution in [2.45, 2.75) is 19.3 Å². The smallest absolute Gasteiger partial charge is 0.228 e. The molecule has 1 fully saturated rings. The normalized spacial score (nSPS) is 19.9. The third kappa shape index (κ3) is 3.07. The van der Waals surface area contributed by atoms with Crippen molar-refractivity contribution >= 4 is 11.6 Å². The number of carbonyl (C=O) groups is 1. The van der Waals surface area contributed by atoms with Crippen LogP contribution in [0.5, 0.6) is 5.75 Å².